The van der Waals surface area contributed by atoms with Crippen LogP contribution in [0.4, 0.5) is 16.0 Å². The van der Waals surface area contributed by atoms with Gasteiger partial charge in [-0.05, 0) is 49.2 Å². The summed E-state index contributed by atoms with van der Waals surface area (Å²) in [6.07, 6.45) is 0. The molecule has 0 unspecified atom stereocenters. The molecule has 0 aliphatic rings. The summed E-state index contributed by atoms with van der Waals surface area (Å²) < 4.78 is 20.1. The SMILES string of the molecule is Cc1c(C#N)c(NC(=O)COC(=O)CN(C)c2ccc(Cl)nn2)n(Cc2ccc(F)cc2)c1C. The number of anilines is 2. The Morgan fingerprint density at radius 2 is 1.91 bits per heavy atom. The largest absolute Gasteiger partial charge is 0.454 e. The third-order valence-corrected chi connectivity index (χ3v) is 5.39. The van der Waals surface area contributed by atoms with E-state index in [9.17, 15) is 19.2 Å². The summed E-state index contributed by atoms with van der Waals surface area (Å²) in [6.45, 7) is 3.22. The van der Waals surface area contributed by atoms with Gasteiger partial charge in [-0.25, -0.2) is 4.39 Å². The summed E-state index contributed by atoms with van der Waals surface area (Å²) in [5.41, 5.74) is 2.58. The minimum Gasteiger partial charge on any atom is -0.454 e. The molecule has 0 aliphatic carbocycles. The lowest BCUT2D eigenvalue weighted by Gasteiger charge is -2.16. The van der Waals surface area contributed by atoms with Gasteiger partial charge in [0, 0.05) is 19.3 Å². The molecule has 0 radical (unpaired) electrons. The summed E-state index contributed by atoms with van der Waals surface area (Å²) in [4.78, 5) is 26.2. The van der Waals surface area contributed by atoms with Crippen molar-refractivity contribution >= 4 is 35.1 Å². The molecule has 0 saturated heterocycles. The van der Waals surface area contributed by atoms with Gasteiger partial charge in [0.15, 0.2) is 17.6 Å². The van der Waals surface area contributed by atoms with Crippen molar-refractivity contribution in [3.63, 3.8) is 0 Å². The number of ether oxygens (including phenoxy) is 1. The number of rotatable bonds is 8. The van der Waals surface area contributed by atoms with Crippen LogP contribution >= 0.6 is 11.6 Å². The Morgan fingerprint density at radius 3 is 2.53 bits per heavy atom. The van der Waals surface area contributed by atoms with Crippen molar-refractivity contribution < 1.29 is 18.7 Å². The first-order valence-corrected chi connectivity index (χ1v) is 10.6. The number of amides is 1. The summed E-state index contributed by atoms with van der Waals surface area (Å²) in [5, 5.41) is 20.1. The van der Waals surface area contributed by atoms with Gasteiger partial charge in [-0.15, -0.1) is 10.2 Å². The zero-order valence-corrected chi connectivity index (χ0v) is 19.6. The Bertz CT molecular complexity index is 1240. The quantitative estimate of drug-likeness (QED) is 0.488. The molecule has 0 spiro atoms. The van der Waals surface area contributed by atoms with Crippen molar-refractivity contribution in [3.8, 4) is 6.07 Å². The number of halogens is 2. The van der Waals surface area contributed by atoms with Gasteiger partial charge in [0.05, 0.1) is 5.56 Å². The third-order valence-electron chi connectivity index (χ3n) is 5.19. The molecule has 11 heteroatoms. The highest BCUT2D eigenvalue weighted by Crippen LogP contribution is 2.27. The van der Waals surface area contributed by atoms with Crippen molar-refractivity contribution in [1.82, 2.24) is 14.8 Å². The fraction of sp³-hybridized carbons (Fsp3) is 0.261. The number of aromatic nitrogens is 3. The van der Waals surface area contributed by atoms with E-state index in [1.165, 1.54) is 23.1 Å². The van der Waals surface area contributed by atoms with Crippen LogP contribution in [0.25, 0.3) is 0 Å². The van der Waals surface area contributed by atoms with E-state index in [1.54, 1.807) is 36.7 Å². The number of benzene rings is 1. The standard InChI is InChI=1S/C23H22ClFN6O3/c1-14-15(2)31(11-16-4-6-17(25)7-5-16)23(18(14)10-26)27-21(32)13-34-22(33)12-30(3)20-9-8-19(24)28-29-20/h4-9H,11-13H2,1-3H3,(H,27,32). The van der Waals surface area contributed by atoms with Crippen molar-refractivity contribution in [3.05, 3.63) is 69.8 Å². The molecule has 0 aliphatic heterocycles. The molecule has 34 heavy (non-hydrogen) atoms. The second-order valence-electron chi connectivity index (χ2n) is 7.54. The molecule has 0 saturated carbocycles. The molecule has 176 valence electrons. The van der Waals surface area contributed by atoms with Crippen LogP contribution in [0.2, 0.25) is 5.15 Å². The minimum absolute atomic E-state index is 0.161. The maximum atomic E-state index is 13.3. The molecule has 1 aromatic carbocycles. The molecule has 3 rings (SSSR count). The summed E-state index contributed by atoms with van der Waals surface area (Å²) >= 11 is 5.70. The van der Waals surface area contributed by atoms with E-state index in [4.69, 9.17) is 16.3 Å². The fourth-order valence-corrected chi connectivity index (χ4v) is 3.35. The van der Waals surface area contributed by atoms with E-state index >= 15 is 0 Å². The van der Waals surface area contributed by atoms with Crippen molar-refractivity contribution in [2.24, 2.45) is 0 Å². The number of nitrogens with one attached hydrogen (secondary N) is 1. The monoisotopic (exact) mass is 484 g/mol. The van der Waals surface area contributed by atoms with Gasteiger partial charge in [0.1, 0.15) is 24.2 Å². The van der Waals surface area contributed by atoms with Gasteiger partial charge in [0.2, 0.25) is 0 Å². The second-order valence-corrected chi connectivity index (χ2v) is 7.92. The Labute approximate surface area is 200 Å². The Balaban J connectivity index is 1.66. The predicted octanol–water partition coefficient (Wildman–Crippen LogP) is 3.23. The van der Waals surface area contributed by atoms with Gasteiger partial charge in [-0.2, -0.15) is 5.26 Å². The van der Waals surface area contributed by atoms with E-state index in [2.05, 4.69) is 21.6 Å². The Hall–Kier alpha value is -3.97. The van der Waals surface area contributed by atoms with Crippen LogP contribution in [0.1, 0.15) is 22.4 Å². The Morgan fingerprint density at radius 1 is 1.21 bits per heavy atom. The van der Waals surface area contributed by atoms with E-state index in [0.717, 1.165) is 11.3 Å². The maximum Gasteiger partial charge on any atom is 0.326 e. The van der Waals surface area contributed by atoms with Gasteiger partial charge >= 0.3 is 5.97 Å². The summed E-state index contributed by atoms with van der Waals surface area (Å²) in [5.74, 6) is -0.906. The van der Waals surface area contributed by atoms with Crippen molar-refractivity contribution in [2.75, 3.05) is 30.4 Å². The number of likely N-dealkylation sites (N-methyl/N-ethyl adjacent to an activating group) is 1. The molecule has 9 nitrogen and oxygen atoms in total. The lowest BCUT2D eigenvalue weighted by atomic mass is 10.2. The molecule has 1 N–H and O–H groups in total. The topological polar surface area (TPSA) is 113 Å². The molecule has 0 atom stereocenters. The summed E-state index contributed by atoms with van der Waals surface area (Å²) in [7, 11) is 1.62. The number of nitriles is 1. The van der Waals surface area contributed by atoms with Gasteiger partial charge < -0.3 is 19.5 Å². The Kier molecular flexibility index (Phi) is 7.81. The van der Waals surface area contributed by atoms with Crippen LogP contribution in [0.15, 0.2) is 36.4 Å². The molecule has 3 aromatic rings. The average Bonchev–Trinajstić information content (AvgIpc) is 3.03. The van der Waals surface area contributed by atoms with E-state index in [1.807, 2.05) is 6.92 Å². The van der Waals surface area contributed by atoms with E-state index < -0.39 is 18.5 Å². The van der Waals surface area contributed by atoms with Gasteiger partial charge in [0.25, 0.3) is 5.91 Å². The first kappa shape index (κ1) is 24.7. The lowest BCUT2D eigenvalue weighted by Crippen LogP contribution is -2.30. The highest BCUT2D eigenvalue weighted by Gasteiger charge is 2.21. The summed E-state index contributed by atoms with van der Waals surface area (Å²) in [6, 6.07) is 11.2. The molecular weight excluding hydrogens is 463 g/mol. The number of hydrogen-bond acceptors (Lipinski definition) is 7. The number of hydrogen-bond donors (Lipinski definition) is 1. The highest BCUT2D eigenvalue weighted by atomic mass is 35.5. The second kappa shape index (κ2) is 10.8. The molecule has 2 aromatic heterocycles. The highest BCUT2D eigenvalue weighted by molar-refractivity contribution is 6.29. The van der Waals surface area contributed by atoms with Crippen LogP contribution in [0, 0.1) is 31.0 Å². The fourth-order valence-electron chi connectivity index (χ4n) is 3.25. The van der Waals surface area contributed by atoms with Crippen LogP contribution in [-0.4, -0.2) is 46.8 Å². The molecule has 1 amide bonds. The molecule has 2 heterocycles. The zero-order chi connectivity index (χ0) is 24.8. The van der Waals surface area contributed by atoms with Crippen molar-refractivity contribution in [2.45, 2.75) is 20.4 Å². The van der Waals surface area contributed by atoms with Crippen LogP contribution in [-0.2, 0) is 20.9 Å². The zero-order valence-electron chi connectivity index (χ0n) is 18.8. The maximum absolute atomic E-state index is 13.3. The molecule has 0 bridgehead atoms. The van der Waals surface area contributed by atoms with Crippen LogP contribution in [0.5, 0.6) is 0 Å². The number of nitrogens with zero attached hydrogens (tertiary/aromatic N) is 5. The average molecular weight is 485 g/mol. The van der Waals surface area contributed by atoms with Crippen molar-refractivity contribution in [1.29, 1.82) is 5.26 Å². The number of carbonyl (C=O) groups excluding carboxylic acids is 2. The van der Waals surface area contributed by atoms with Crippen LogP contribution < -0.4 is 10.2 Å². The van der Waals surface area contributed by atoms with E-state index in [0.29, 0.717) is 23.5 Å². The lowest BCUT2D eigenvalue weighted by molar-refractivity contribution is -0.145. The first-order chi connectivity index (χ1) is 16.2. The number of carbonyl (C=O) groups is 2. The minimum atomic E-state index is -0.649. The van der Waals surface area contributed by atoms with Crippen LogP contribution in [0.3, 0.4) is 0 Å². The predicted molar refractivity (Wildman–Crippen MR) is 124 cm³/mol. The smallest absolute Gasteiger partial charge is 0.326 e. The van der Waals surface area contributed by atoms with E-state index in [-0.39, 0.29) is 23.3 Å². The van der Waals surface area contributed by atoms with Gasteiger partial charge in [-0.3, -0.25) is 9.59 Å². The molecule has 0 fully saturated rings. The number of esters is 1. The first-order valence-electron chi connectivity index (χ1n) is 10.2. The third kappa shape index (κ3) is 5.88. The normalized spacial score (nSPS) is 10.5. The molecular formula is C23H22ClFN6O3. The van der Waals surface area contributed by atoms with Gasteiger partial charge in [-0.1, -0.05) is 23.7 Å².